The number of benzene rings is 1. The number of likely N-dealkylation sites (tertiary alicyclic amines) is 1. The van der Waals surface area contributed by atoms with Crippen molar-refractivity contribution in [2.24, 2.45) is 0 Å². The lowest BCUT2D eigenvalue weighted by atomic mass is 9.98. The zero-order valence-electron chi connectivity index (χ0n) is 17.2. The smallest absolute Gasteiger partial charge is 0.416 e. The topological polar surface area (TPSA) is 78.8 Å². The van der Waals surface area contributed by atoms with E-state index in [-0.39, 0.29) is 34.9 Å². The molecule has 2 aliphatic rings. The molecule has 1 aromatic carbocycles. The number of ether oxygens (including phenoxy) is 1. The number of carbonyl (C=O) groups is 1. The Morgan fingerprint density at radius 3 is 2.61 bits per heavy atom. The molecule has 1 aromatic heterocycles. The van der Waals surface area contributed by atoms with E-state index in [1.54, 1.807) is 24.0 Å². The highest BCUT2D eigenvalue weighted by molar-refractivity contribution is 5.73. The van der Waals surface area contributed by atoms with Crippen LogP contribution in [0.2, 0.25) is 0 Å². The lowest BCUT2D eigenvalue weighted by Crippen LogP contribution is -2.61. The van der Waals surface area contributed by atoms with Gasteiger partial charge in [0.15, 0.2) is 5.82 Å². The highest BCUT2D eigenvalue weighted by Crippen LogP contribution is 2.38. The third kappa shape index (κ3) is 4.16. The van der Waals surface area contributed by atoms with Crippen molar-refractivity contribution in [3.8, 4) is 17.0 Å². The Morgan fingerprint density at radius 1 is 1.23 bits per heavy atom. The van der Waals surface area contributed by atoms with Crippen LogP contribution in [0.15, 0.2) is 24.3 Å². The van der Waals surface area contributed by atoms with E-state index < -0.39 is 17.5 Å². The molecule has 2 saturated heterocycles. The zero-order chi connectivity index (χ0) is 22.3. The third-order valence-corrected chi connectivity index (χ3v) is 5.87. The minimum Gasteiger partial charge on any atom is -0.507 e. The van der Waals surface area contributed by atoms with Gasteiger partial charge in [-0.05, 0) is 43.2 Å². The Kier molecular flexibility index (Phi) is 5.50. The summed E-state index contributed by atoms with van der Waals surface area (Å²) in [6.45, 7) is 5.34. The number of morpholine rings is 1. The maximum absolute atomic E-state index is 13.0. The van der Waals surface area contributed by atoms with Gasteiger partial charge >= 0.3 is 6.18 Å². The number of phenols is 1. The molecule has 0 spiro atoms. The summed E-state index contributed by atoms with van der Waals surface area (Å²) in [6.07, 6.45) is -3.81. The van der Waals surface area contributed by atoms with E-state index in [4.69, 9.17) is 4.74 Å². The molecule has 2 fully saturated rings. The Hall–Kier alpha value is -2.88. The van der Waals surface area contributed by atoms with Crippen LogP contribution in [-0.2, 0) is 15.7 Å². The first-order valence-corrected chi connectivity index (χ1v) is 10.0. The summed E-state index contributed by atoms with van der Waals surface area (Å²) in [7, 11) is 0. The number of hydrogen-bond acceptors (Lipinski definition) is 6. The number of piperidine rings is 1. The van der Waals surface area contributed by atoms with Gasteiger partial charge in [0, 0.05) is 32.1 Å². The molecule has 0 bridgehead atoms. The maximum atomic E-state index is 13.0. The standard InChI is InChI=1S/C21H23F3N4O3/c1-12-9-14(21(22,23)24)10-17(30)20(12)15-3-4-19(26-25-15)28-7-8-31-18-5-6-27(13(2)29)11-16(18)28/h3-4,9-10,16,18,30H,5-8,11H2,1-2H3/t16-,18+/m1/s1. The Bertz CT molecular complexity index is 958. The van der Waals surface area contributed by atoms with Crippen LogP contribution in [0.3, 0.4) is 0 Å². The fourth-order valence-electron chi connectivity index (χ4n) is 4.32. The first-order valence-electron chi connectivity index (χ1n) is 10.0. The lowest BCUT2D eigenvalue weighted by Gasteiger charge is -2.47. The summed E-state index contributed by atoms with van der Waals surface area (Å²) in [5.74, 6) is 0.111. The van der Waals surface area contributed by atoms with E-state index >= 15 is 0 Å². The molecule has 2 aromatic rings. The molecule has 2 atom stereocenters. The number of fused-ring (bicyclic) bond motifs is 1. The molecule has 10 heteroatoms. The molecule has 7 nitrogen and oxygen atoms in total. The van der Waals surface area contributed by atoms with Crippen LogP contribution >= 0.6 is 0 Å². The maximum Gasteiger partial charge on any atom is 0.416 e. The second kappa shape index (κ2) is 7.99. The van der Waals surface area contributed by atoms with Gasteiger partial charge < -0.3 is 19.6 Å². The number of amides is 1. The van der Waals surface area contributed by atoms with Crippen molar-refractivity contribution in [1.29, 1.82) is 0 Å². The van der Waals surface area contributed by atoms with Crippen LogP contribution in [-0.4, -0.2) is 64.5 Å². The molecule has 0 aliphatic carbocycles. The third-order valence-electron chi connectivity index (χ3n) is 5.87. The van der Waals surface area contributed by atoms with Gasteiger partial charge in [-0.1, -0.05) is 0 Å². The molecular formula is C21H23F3N4O3. The molecule has 166 valence electrons. The largest absolute Gasteiger partial charge is 0.507 e. The van der Waals surface area contributed by atoms with E-state index in [2.05, 4.69) is 15.1 Å². The summed E-state index contributed by atoms with van der Waals surface area (Å²) >= 11 is 0. The van der Waals surface area contributed by atoms with Crippen molar-refractivity contribution < 1.29 is 27.8 Å². The van der Waals surface area contributed by atoms with Gasteiger partial charge in [0.25, 0.3) is 0 Å². The van der Waals surface area contributed by atoms with Gasteiger partial charge in [-0.3, -0.25) is 4.79 Å². The average Bonchev–Trinajstić information content (AvgIpc) is 2.72. The number of aromatic nitrogens is 2. The minimum atomic E-state index is -4.54. The Morgan fingerprint density at radius 2 is 2.00 bits per heavy atom. The molecule has 1 N–H and O–H groups in total. The van der Waals surface area contributed by atoms with Crippen LogP contribution < -0.4 is 4.90 Å². The van der Waals surface area contributed by atoms with E-state index in [0.29, 0.717) is 38.1 Å². The average molecular weight is 436 g/mol. The number of nitrogens with zero attached hydrogens (tertiary/aromatic N) is 4. The highest BCUT2D eigenvalue weighted by Gasteiger charge is 2.38. The van der Waals surface area contributed by atoms with E-state index in [9.17, 15) is 23.1 Å². The van der Waals surface area contributed by atoms with Crippen molar-refractivity contribution in [2.45, 2.75) is 38.6 Å². The van der Waals surface area contributed by atoms with Gasteiger partial charge in [0.1, 0.15) is 5.75 Å². The predicted molar refractivity (Wildman–Crippen MR) is 107 cm³/mol. The molecule has 0 saturated carbocycles. The first-order chi connectivity index (χ1) is 14.6. The second-order valence-electron chi connectivity index (χ2n) is 7.89. The van der Waals surface area contributed by atoms with Crippen LogP contribution in [0.1, 0.15) is 24.5 Å². The number of hydrogen-bond donors (Lipinski definition) is 1. The number of rotatable bonds is 2. The Labute approximate surface area is 177 Å². The molecular weight excluding hydrogens is 413 g/mol. The van der Waals surface area contributed by atoms with Crippen molar-refractivity contribution in [1.82, 2.24) is 15.1 Å². The normalized spacial score (nSPS) is 21.7. The van der Waals surface area contributed by atoms with Crippen molar-refractivity contribution in [3.05, 3.63) is 35.4 Å². The summed E-state index contributed by atoms with van der Waals surface area (Å²) in [5, 5.41) is 18.7. The summed E-state index contributed by atoms with van der Waals surface area (Å²) < 4.78 is 44.8. The van der Waals surface area contributed by atoms with Crippen molar-refractivity contribution >= 4 is 11.7 Å². The van der Waals surface area contributed by atoms with Crippen LogP contribution in [0.25, 0.3) is 11.3 Å². The molecule has 3 heterocycles. The number of anilines is 1. The summed E-state index contributed by atoms with van der Waals surface area (Å²) in [5.41, 5.74) is -0.161. The van der Waals surface area contributed by atoms with E-state index in [1.165, 1.54) is 6.92 Å². The molecule has 31 heavy (non-hydrogen) atoms. The minimum absolute atomic E-state index is 0.00738. The first kappa shape index (κ1) is 21.4. The van der Waals surface area contributed by atoms with E-state index in [1.807, 2.05) is 0 Å². The van der Waals surface area contributed by atoms with Crippen molar-refractivity contribution in [2.75, 3.05) is 31.1 Å². The molecule has 0 unspecified atom stereocenters. The van der Waals surface area contributed by atoms with Crippen LogP contribution in [0.5, 0.6) is 5.75 Å². The van der Waals surface area contributed by atoms with Crippen LogP contribution in [0, 0.1) is 6.92 Å². The summed E-state index contributed by atoms with van der Waals surface area (Å²) in [6, 6.07) is 4.99. The molecule has 2 aliphatic heterocycles. The number of alkyl halides is 3. The SMILES string of the molecule is CC(=O)N1CC[C@@H]2OCCN(c3ccc(-c4c(C)cc(C(F)(F)F)cc4O)nn3)[C@@H]2C1. The second-order valence-corrected chi connectivity index (χ2v) is 7.89. The number of halogens is 3. The number of aromatic hydroxyl groups is 1. The molecule has 0 radical (unpaired) electrons. The fraction of sp³-hybridized carbons (Fsp3) is 0.476. The monoisotopic (exact) mass is 436 g/mol. The van der Waals surface area contributed by atoms with Gasteiger partial charge in [-0.15, -0.1) is 10.2 Å². The Balaban J connectivity index is 1.60. The number of aryl methyl sites for hydroxylation is 1. The molecule has 1 amide bonds. The quantitative estimate of drug-likeness (QED) is 0.780. The summed E-state index contributed by atoms with van der Waals surface area (Å²) in [4.78, 5) is 15.7. The van der Waals surface area contributed by atoms with Crippen molar-refractivity contribution in [3.63, 3.8) is 0 Å². The fourth-order valence-corrected chi connectivity index (χ4v) is 4.32. The highest BCUT2D eigenvalue weighted by atomic mass is 19.4. The van der Waals surface area contributed by atoms with Gasteiger partial charge in [0.05, 0.1) is 30.0 Å². The van der Waals surface area contributed by atoms with Gasteiger partial charge in [-0.25, -0.2) is 0 Å². The molecule has 4 rings (SSSR count). The predicted octanol–water partition coefficient (Wildman–Crippen LogP) is 3.00. The number of phenolic OH excluding ortho intramolecular Hbond substituents is 1. The lowest BCUT2D eigenvalue weighted by molar-refractivity contribution is -0.137. The zero-order valence-corrected chi connectivity index (χ0v) is 17.2. The van der Waals surface area contributed by atoms with Gasteiger partial charge in [-0.2, -0.15) is 13.2 Å². The van der Waals surface area contributed by atoms with Gasteiger partial charge in [0.2, 0.25) is 5.91 Å². The van der Waals surface area contributed by atoms with E-state index in [0.717, 1.165) is 12.5 Å². The number of carbonyl (C=O) groups excluding carboxylic acids is 1. The van der Waals surface area contributed by atoms with Crippen LogP contribution in [0.4, 0.5) is 19.0 Å².